The van der Waals surface area contributed by atoms with E-state index in [0.717, 1.165) is 22.3 Å². The van der Waals surface area contributed by atoms with Crippen LogP contribution in [0.15, 0.2) is 24.3 Å². The van der Waals surface area contributed by atoms with Gasteiger partial charge < -0.3 is 10.6 Å². The highest BCUT2D eigenvalue weighted by Gasteiger charge is 2.21. The van der Waals surface area contributed by atoms with Crippen LogP contribution in [-0.2, 0) is 4.79 Å². The average Bonchev–Trinajstić information content (AvgIpc) is 2.39. The van der Waals surface area contributed by atoms with E-state index in [0.29, 0.717) is 18.3 Å². The van der Waals surface area contributed by atoms with Crippen molar-refractivity contribution in [3.8, 4) is 0 Å². The molecule has 1 amide bonds. The lowest BCUT2D eigenvalue weighted by Crippen LogP contribution is -2.32. The summed E-state index contributed by atoms with van der Waals surface area (Å²) in [6.07, 6.45) is 3.01. The maximum Gasteiger partial charge on any atom is 0.224 e. The predicted octanol–water partition coefficient (Wildman–Crippen LogP) is 3.26. The third kappa shape index (κ3) is 4.76. The van der Waals surface area contributed by atoms with Crippen LogP contribution in [0.25, 0.3) is 0 Å². The molecule has 1 atom stereocenters. The van der Waals surface area contributed by atoms with Crippen molar-refractivity contribution in [1.82, 2.24) is 5.32 Å². The normalized spacial score (nSPS) is 18.0. The van der Waals surface area contributed by atoms with Crippen LogP contribution < -0.4 is 10.6 Å². The Labute approximate surface area is 128 Å². The fourth-order valence-corrected chi connectivity index (χ4v) is 3.19. The van der Waals surface area contributed by atoms with Gasteiger partial charge in [-0.25, -0.2) is 0 Å². The van der Waals surface area contributed by atoms with E-state index < -0.39 is 0 Å². The van der Waals surface area contributed by atoms with E-state index in [9.17, 15) is 4.79 Å². The Balaban J connectivity index is 1.83. The van der Waals surface area contributed by atoms with Crippen LogP contribution in [0.5, 0.6) is 0 Å². The Morgan fingerprint density at radius 1 is 1.47 bits per heavy atom. The van der Waals surface area contributed by atoms with Crippen LogP contribution >= 0.6 is 22.6 Å². The Morgan fingerprint density at radius 2 is 2.21 bits per heavy atom. The minimum absolute atomic E-state index is 0.132. The van der Waals surface area contributed by atoms with Crippen LogP contribution in [-0.4, -0.2) is 19.0 Å². The fraction of sp³-hybridized carbons (Fsp3) is 0.533. The second-order valence-corrected chi connectivity index (χ2v) is 6.57. The maximum absolute atomic E-state index is 12.0. The lowest BCUT2D eigenvalue weighted by molar-refractivity contribution is -0.117. The summed E-state index contributed by atoms with van der Waals surface area (Å²) in [6, 6.07) is 7.92. The number of anilines is 1. The number of halogens is 1. The molecule has 3 nitrogen and oxygen atoms in total. The second-order valence-electron chi connectivity index (χ2n) is 5.33. The van der Waals surface area contributed by atoms with Gasteiger partial charge in [-0.15, -0.1) is 0 Å². The number of carbonyl (C=O) groups is 1. The van der Waals surface area contributed by atoms with E-state index in [-0.39, 0.29) is 5.91 Å². The zero-order valence-electron chi connectivity index (χ0n) is 11.3. The van der Waals surface area contributed by atoms with Crippen LogP contribution in [0, 0.1) is 15.4 Å². The zero-order valence-corrected chi connectivity index (χ0v) is 13.4. The molecule has 4 heteroatoms. The molecular formula is C15H21IN2O. The van der Waals surface area contributed by atoms with E-state index in [1.807, 2.05) is 24.3 Å². The Morgan fingerprint density at radius 3 is 2.89 bits per heavy atom. The van der Waals surface area contributed by atoms with Crippen LogP contribution in [0.2, 0.25) is 0 Å². The van der Waals surface area contributed by atoms with Gasteiger partial charge >= 0.3 is 0 Å². The van der Waals surface area contributed by atoms with Crippen molar-refractivity contribution in [1.29, 1.82) is 0 Å². The van der Waals surface area contributed by atoms with E-state index in [2.05, 4.69) is 40.1 Å². The SMILES string of the molecule is CC(CC(=O)Nc1cccc(I)c1)C1CCNCC1. The van der Waals surface area contributed by atoms with Crippen molar-refractivity contribution >= 4 is 34.2 Å². The average molecular weight is 372 g/mol. The molecule has 1 aromatic rings. The van der Waals surface area contributed by atoms with Crippen molar-refractivity contribution in [2.24, 2.45) is 11.8 Å². The van der Waals surface area contributed by atoms with E-state index in [4.69, 9.17) is 0 Å². The smallest absolute Gasteiger partial charge is 0.224 e. The largest absolute Gasteiger partial charge is 0.326 e. The topological polar surface area (TPSA) is 41.1 Å². The third-order valence-electron chi connectivity index (χ3n) is 3.80. The molecule has 1 aromatic carbocycles. The number of piperidine rings is 1. The first-order valence-corrected chi connectivity index (χ1v) is 7.99. The molecule has 2 rings (SSSR count). The molecule has 0 radical (unpaired) electrons. The number of hydrogen-bond acceptors (Lipinski definition) is 2. The van der Waals surface area contributed by atoms with Gasteiger partial charge in [-0.1, -0.05) is 13.0 Å². The molecule has 1 heterocycles. The second kappa shape index (κ2) is 7.24. The summed E-state index contributed by atoms with van der Waals surface area (Å²) in [5, 5.41) is 6.36. The molecular weight excluding hydrogens is 351 g/mol. The molecule has 104 valence electrons. The minimum Gasteiger partial charge on any atom is -0.326 e. The third-order valence-corrected chi connectivity index (χ3v) is 4.48. The van der Waals surface area contributed by atoms with E-state index in [1.165, 1.54) is 12.8 Å². The van der Waals surface area contributed by atoms with E-state index in [1.54, 1.807) is 0 Å². The molecule has 1 saturated heterocycles. The summed E-state index contributed by atoms with van der Waals surface area (Å²) in [7, 11) is 0. The molecule has 0 bridgehead atoms. The number of carbonyl (C=O) groups excluding carboxylic acids is 1. The molecule has 0 aromatic heterocycles. The van der Waals surface area contributed by atoms with Gasteiger partial charge in [-0.3, -0.25) is 4.79 Å². The first-order valence-electron chi connectivity index (χ1n) is 6.91. The molecule has 19 heavy (non-hydrogen) atoms. The van der Waals surface area contributed by atoms with E-state index >= 15 is 0 Å². The quantitative estimate of drug-likeness (QED) is 0.797. The van der Waals surface area contributed by atoms with Gasteiger partial charge in [0.15, 0.2) is 0 Å². The van der Waals surface area contributed by atoms with Crippen molar-refractivity contribution in [3.63, 3.8) is 0 Å². The molecule has 1 unspecified atom stereocenters. The zero-order chi connectivity index (χ0) is 13.7. The molecule has 0 spiro atoms. The number of hydrogen-bond donors (Lipinski definition) is 2. The van der Waals surface area contributed by atoms with Crippen LogP contribution in [0.3, 0.4) is 0 Å². The predicted molar refractivity (Wildman–Crippen MR) is 87.2 cm³/mol. The first-order chi connectivity index (χ1) is 9.15. The summed E-state index contributed by atoms with van der Waals surface area (Å²) in [5.74, 6) is 1.28. The molecule has 0 saturated carbocycles. The fourth-order valence-electron chi connectivity index (χ4n) is 2.65. The lowest BCUT2D eigenvalue weighted by atomic mass is 9.84. The molecule has 0 aliphatic carbocycles. The molecule has 1 aliphatic rings. The Bertz CT molecular complexity index is 430. The summed E-state index contributed by atoms with van der Waals surface area (Å²) in [6.45, 7) is 4.38. The summed E-state index contributed by atoms with van der Waals surface area (Å²) < 4.78 is 1.14. The highest BCUT2D eigenvalue weighted by molar-refractivity contribution is 14.1. The van der Waals surface area contributed by atoms with Crippen molar-refractivity contribution in [3.05, 3.63) is 27.8 Å². The van der Waals surface area contributed by atoms with Gasteiger partial charge in [0.2, 0.25) is 5.91 Å². The maximum atomic E-state index is 12.0. The number of rotatable bonds is 4. The van der Waals surface area contributed by atoms with Crippen LogP contribution in [0.1, 0.15) is 26.2 Å². The first kappa shape index (κ1) is 14.8. The number of nitrogens with one attached hydrogen (secondary N) is 2. The van der Waals surface area contributed by atoms with Gasteiger partial charge in [-0.05, 0) is 78.6 Å². The summed E-state index contributed by atoms with van der Waals surface area (Å²) in [4.78, 5) is 12.0. The molecule has 2 N–H and O–H groups in total. The van der Waals surface area contributed by atoms with Gasteiger partial charge in [-0.2, -0.15) is 0 Å². The van der Waals surface area contributed by atoms with Gasteiger partial charge in [0, 0.05) is 15.7 Å². The highest BCUT2D eigenvalue weighted by Crippen LogP contribution is 2.24. The van der Waals surface area contributed by atoms with Crippen molar-refractivity contribution in [2.45, 2.75) is 26.2 Å². The van der Waals surface area contributed by atoms with Crippen molar-refractivity contribution in [2.75, 3.05) is 18.4 Å². The van der Waals surface area contributed by atoms with Gasteiger partial charge in [0.1, 0.15) is 0 Å². The Kier molecular flexibility index (Phi) is 5.63. The Hall–Kier alpha value is -0.620. The summed E-state index contributed by atoms with van der Waals surface area (Å²) >= 11 is 2.25. The standard InChI is InChI=1S/C15H21IN2O/c1-11(12-5-7-17-8-6-12)9-15(19)18-14-4-2-3-13(16)10-14/h2-4,10-12,17H,5-9H2,1H3,(H,18,19). The monoisotopic (exact) mass is 372 g/mol. The van der Waals surface area contributed by atoms with Gasteiger partial charge in [0.05, 0.1) is 0 Å². The van der Waals surface area contributed by atoms with Crippen LogP contribution in [0.4, 0.5) is 5.69 Å². The van der Waals surface area contributed by atoms with Gasteiger partial charge in [0.25, 0.3) is 0 Å². The number of benzene rings is 1. The molecule has 1 aliphatic heterocycles. The summed E-state index contributed by atoms with van der Waals surface area (Å²) in [5.41, 5.74) is 0.898. The molecule has 1 fully saturated rings. The number of amides is 1. The van der Waals surface area contributed by atoms with Crippen molar-refractivity contribution < 1.29 is 4.79 Å². The highest BCUT2D eigenvalue weighted by atomic mass is 127. The minimum atomic E-state index is 0.132. The lowest BCUT2D eigenvalue weighted by Gasteiger charge is -2.27.